The Balaban J connectivity index is 1.72. The predicted octanol–water partition coefficient (Wildman–Crippen LogP) is 3.50. The minimum Gasteiger partial charge on any atom is -0.479 e. The summed E-state index contributed by atoms with van der Waals surface area (Å²) in [4.78, 5) is 16.6. The van der Waals surface area contributed by atoms with Crippen molar-refractivity contribution in [1.82, 2.24) is 20.5 Å². The minimum absolute atomic E-state index is 0.347. The molecular formula is C17H18ClN5O2. The van der Waals surface area contributed by atoms with E-state index in [2.05, 4.69) is 25.8 Å². The number of fused-ring (bicyclic) bond motifs is 1. The molecule has 0 atom stereocenters. The van der Waals surface area contributed by atoms with Crippen molar-refractivity contribution in [3.63, 3.8) is 0 Å². The Morgan fingerprint density at radius 2 is 2.20 bits per heavy atom. The fourth-order valence-corrected chi connectivity index (χ4v) is 2.76. The molecule has 3 N–H and O–H groups in total. The zero-order chi connectivity index (χ0) is 17.8. The number of aromatic amines is 1. The van der Waals surface area contributed by atoms with E-state index in [9.17, 15) is 4.79 Å². The number of halogens is 1. The van der Waals surface area contributed by atoms with Crippen LogP contribution in [-0.2, 0) is 13.0 Å². The molecule has 7 nitrogen and oxygen atoms in total. The third-order valence-electron chi connectivity index (χ3n) is 3.70. The first-order chi connectivity index (χ1) is 12.1. The van der Waals surface area contributed by atoms with Gasteiger partial charge in [-0.25, -0.2) is 9.78 Å². The zero-order valence-corrected chi connectivity index (χ0v) is 14.6. The molecule has 0 aliphatic heterocycles. The molecule has 8 heteroatoms. The van der Waals surface area contributed by atoms with E-state index in [1.54, 1.807) is 25.3 Å². The number of hydrogen-bond donors (Lipinski definition) is 3. The second kappa shape index (κ2) is 7.40. The minimum atomic E-state index is -0.347. The van der Waals surface area contributed by atoms with Crippen LogP contribution in [-0.4, -0.2) is 28.3 Å². The standard InChI is InChI=1S/C17H18ClN5O2/c1-3-12-15-13(22-23-16(15)25-2)8-14(20-12)21-17(24)19-9-10-5-4-6-11(18)7-10/h4-8H,3,9H2,1-2H3,(H,22,23)(H2,19,20,21,24). The average Bonchev–Trinajstić information content (AvgIpc) is 3.02. The van der Waals surface area contributed by atoms with E-state index in [0.717, 1.165) is 22.2 Å². The highest BCUT2D eigenvalue weighted by Crippen LogP contribution is 2.27. The van der Waals surface area contributed by atoms with Crippen molar-refractivity contribution in [2.24, 2.45) is 0 Å². The molecule has 3 aromatic rings. The number of amides is 2. The third kappa shape index (κ3) is 3.83. The predicted molar refractivity (Wildman–Crippen MR) is 97.1 cm³/mol. The fourth-order valence-electron chi connectivity index (χ4n) is 2.55. The summed E-state index contributed by atoms with van der Waals surface area (Å²) < 4.78 is 5.24. The number of anilines is 1. The molecule has 2 amide bonds. The van der Waals surface area contributed by atoms with E-state index < -0.39 is 0 Å². The number of carbonyl (C=O) groups is 1. The van der Waals surface area contributed by atoms with E-state index in [1.165, 1.54) is 0 Å². The molecule has 0 saturated heterocycles. The van der Waals surface area contributed by atoms with Crippen molar-refractivity contribution in [3.8, 4) is 5.88 Å². The molecule has 0 bridgehead atoms. The van der Waals surface area contributed by atoms with Crippen molar-refractivity contribution in [2.75, 3.05) is 12.4 Å². The number of methoxy groups -OCH3 is 1. The molecule has 0 fully saturated rings. The van der Waals surface area contributed by atoms with Crippen LogP contribution in [0.3, 0.4) is 0 Å². The lowest BCUT2D eigenvalue weighted by atomic mass is 10.2. The highest BCUT2D eigenvalue weighted by Gasteiger charge is 2.14. The second-order valence-corrected chi connectivity index (χ2v) is 5.84. The lowest BCUT2D eigenvalue weighted by Gasteiger charge is -2.09. The molecule has 0 aliphatic carbocycles. The quantitative estimate of drug-likeness (QED) is 0.650. The zero-order valence-electron chi connectivity index (χ0n) is 13.9. The SMILES string of the molecule is CCc1nc(NC(=O)NCc2cccc(Cl)c2)cc2[nH]nc(OC)c12. The lowest BCUT2D eigenvalue weighted by Crippen LogP contribution is -2.28. The largest absolute Gasteiger partial charge is 0.479 e. The number of rotatable bonds is 5. The molecule has 130 valence electrons. The number of aryl methyl sites for hydroxylation is 1. The Bertz CT molecular complexity index is 909. The summed E-state index contributed by atoms with van der Waals surface area (Å²) in [5.74, 6) is 0.940. The van der Waals surface area contributed by atoms with Crippen LogP contribution in [0, 0.1) is 0 Å². The smallest absolute Gasteiger partial charge is 0.320 e. The first-order valence-electron chi connectivity index (χ1n) is 7.82. The fraction of sp³-hybridized carbons (Fsp3) is 0.235. The molecule has 0 unspecified atom stereocenters. The monoisotopic (exact) mass is 359 g/mol. The van der Waals surface area contributed by atoms with Gasteiger partial charge in [0.15, 0.2) is 0 Å². The van der Waals surface area contributed by atoms with Gasteiger partial charge in [0.2, 0.25) is 5.88 Å². The van der Waals surface area contributed by atoms with Gasteiger partial charge in [-0.1, -0.05) is 30.7 Å². The molecule has 0 radical (unpaired) electrons. The van der Waals surface area contributed by atoms with Gasteiger partial charge in [0.1, 0.15) is 5.82 Å². The van der Waals surface area contributed by atoms with E-state index in [0.29, 0.717) is 29.7 Å². The van der Waals surface area contributed by atoms with Crippen molar-refractivity contribution in [2.45, 2.75) is 19.9 Å². The summed E-state index contributed by atoms with van der Waals surface area (Å²) in [7, 11) is 1.56. The van der Waals surface area contributed by atoms with Gasteiger partial charge in [-0.2, -0.15) is 0 Å². The topological polar surface area (TPSA) is 91.9 Å². The summed E-state index contributed by atoms with van der Waals surface area (Å²) in [6.45, 7) is 2.35. The maximum absolute atomic E-state index is 12.1. The summed E-state index contributed by atoms with van der Waals surface area (Å²) >= 11 is 5.93. The number of aromatic nitrogens is 3. The van der Waals surface area contributed by atoms with Gasteiger partial charge in [0.05, 0.1) is 23.7 Å². The number of H-pyrrole nitrogens is 1. The molecule has 2 heterocycles. The second-order valence-electron chi connectivity index (χ2n) is 5.40. The van der Waals surface area contributed by atoms with Crippen LogP contribution in [0.4, 0.5) is 10.6 Å². The van der Waals surface area contributed by atoms with E-state index >= 15 is 0 Å². The molecular weight excluding hydrogens is 342 g/mol. The number of pyridine rings is 1. The Hall–Kier alpha value is -2.80. The first-order valence-corrected chi connectivity index (χ1v) is 8.19. The van der Waals surface area contributed by atoms with Gasteiger partial charge >= 0.3 is 6.03 Å². The summed E-state index contributed by atoms with van der Waals surface area (Å²) in [6.07, 6.45) is 0.687. The van der Waals surface area contributed by atoms with Crippen LogP contribution in [0.1, 0.15) is 18.2 Å². The van der Waals surface area contributed by atoms with Gasteiger partial charge in [-0.15, -0.1) is 5.10 Å². The molecule has 0 saturated carbocycles. The maximum atomic E-state index is 12.1. The highest BCUT2D eigenvalue weighted by molar-refractivity contribution is 6.30. The molecule has 0 spiro atoms. The summed E-state index contributed by atoms with van der Waals surface area (Å²) in [6, 6.07) is 8.70. The Kier molecular flexibility index (Phi) is 5.04. The molecule has 2 aromatic heterocycles. The van der Waals surface area contributed by atoms with E-state index in [-0.39, 0.29) is 6.03 Å². The summed E-state index contributed by atoms with van der Waals surface area (Å²) in [5.41, 5.74) is 2.47. The van der Waals surface area contributed by atoms with Crippen LogP contribution in [0.5, 0.6) is 5.88 Å². The average molecular weight is 360 g/mol. The number of nitrogens with one attached hydrogen (secondary N) is 3. The normalized spacial score (nSPS) is 10.7. The van der Waals surface area contributed by atoms with Crippen LogP contribution in [0.15, 0.2) is 30.3 Å². The van der Waals surface area contributed by atoms with Gasteiger partial charge < -0.3 is 10.1 Å². The van der Waals surface area contributed by atoms with Crippen molar-refractivity contribution < 1.29 is 9.53 Å². The Morgan fingerprint density at radius 3 is 2.92 bits per heavy atom. The van der Waals surface area contributed by atoms with Gasteiger partial charge in [0, 0.05) is 17.6 Å². The molecule has 25 heavy (non-hydrogen) atoms. The number of hydrogen-bond acceptors (Lipinski definition) is 4. The number of nitrogens with zero attached hydrogens (tertiary/aromatic N) is 2. The maximum Gasteiger partial charge on any atom is 0.320 e. The van der Waals surface area contributed by atoms with Crippen LogP contribution < -0.4 is 15.4 Å². The Labute approximate surface area is 149 Å². The van der Waals surface area contributed by atoms with Crippen molar-refractivity contribution >= 4 is 34.4 Å². The Morgan fingerprint density at radius 1 is 1.36 bits per heavy atom. The molecule has 3 rings (SSSR count). The van der Waals surface area contributed by atoms with E-state index in [4.69, 9.17) is 16.3 Å². The van der Waals surface area contributed by atoms with Crippen LogP contribution in [0.2, 0.25) is 5.02 Å². The number of carbonyl (C=O) groups excluding carboxylic acids is 1. The van der Waals surface area contributed by atoms with Crippen molar-refractivity contribution in [1.29, 1.82) is 0 Å². The molecule has 1 aromatic carbocycles. The van der Waals surface area contributed by atoms with Gasteiger partial charge in [-0.05, 0) is 24.1 Å². The number of benzene rings is 1. The number of ether oxygens (including phenoxy) is 1. The summed E-state index contributed by atoms with van der Waals surface area (Å²) in [5, 5.41) is 14.0. The van der Waals surface area contributed by atoms with Crippen LogP contribution >= 0.6 is 11.6 Å². The third-order valence-corrected chi connectivity index (χ3v) is 3.93. The van der Waals surface area contributed by atoms with Gasteiger partial charge in [0.25, 0.3) is 0 Å². The van der Waals surface area contributed by atoms with Crippen LogP contribution in [0.25, 0.3) is 10.9 Å². The highest BCUT2D eigenvalue weighted by atomic mass is 35.5. The van der Waals surface area contributed by atoms with Gasteiger partial charge in [-0.3, -0.25) is 10.4 Å². The lowest BCUT2D eigenvalue weighted by molar-refractivity contribution is 0.251. The van der Waals surface area contributed by atoms with Crippen molar-refractivity contribution in [3.05, 3.63) is 46.6 Å². The molecule has 0 aliphatic rings. The number of urea groups is 1. The van der Waals surface area contributed by atoms with E-state index in [1.807, 2.05) is 19.1 Å². The first kappa shape index (κ1) is 17.0.